The number of ether oxygens (including phenoxy) is 1. The molecule has 2 aromatic carbocycles. The molecule has 7 nitrogen and oxygen atoms in total. The quantitative estimate of drug-likeness (QED) is 0.445. The summed E-state index contributed by atoms with van der Waals surface area (Å²) in [6.07, 6.45) is 1.32. The molecule has 8 heteroatoms. The molecule has 0 saturated carbocycles. The molecule has 0 atom stereocenters. The molecule has 0 aliphatic carbocycles. The number of anilines is 1. The number of benzene rings is 2. The van der Waals surface area contributed by atoms with Crippen molar-refractivity contribution in [2.24, 2.45) is 5.10 Å². The van der Waals surface area contributed by atoms with Crippen LogP contribution in [0.25, 0.3) is 0 Å². The highest BCUT2D eigenvalue weighted by molar-refractivity contribution is 9.10. The third-order valence-electron chi connectivity index (χ3n) is 3.93. The van der Waals surface area contributed by atoms with Crippen LogP contribution in [0.4, 0.5) is 5.69 Å². The van der Waals surface area contributed by atoms with E-state index in [0.717, 1.165) is 16.8 Å². The third kappa shape index (κ3) is 6.09. The number of nitrogens with zero attached hydrogens (tertiary/aromatic N) is 1. The van der Waals surface area contributed by atoms with Crippen LogP contribution in [0.5, 0.6) is 11.5 Å². The van der Waals surface area contributed by atoms with E-state index in [9.17, 15) is 14.7 Å². The Kier molecular flexibility index (Phi) is 7.57. The van der Waals surface area contributed by atoms with Gasteiger partial charge in [0.1, 0.15) is 0 Å². The van der Waals surface area contributed by atoms with Gasteiger partial charge in [-0.2, -0.15) is 5.10 Å². The number of hydrazone groups is 1. The van der Waals surface area contributed by atoms with E-state index in [0.29, 0.717) is 10.0 Å². The second-order valence-electron chi connectivity index (χ2n) is 6.21. The molecular weight excluding hydrogens is 426 g/mol. The molecule has 2 rings (SSSR count). The minimum absolute atomic E-state index is 0.0121. The van der Waals surface area contributed by atoms with Crippen molar-refractivity contribution in [1.29, 1.82) is 0 Å². The van der Waals surface area contributed by atoms with E-state index in [4.69, 9.17) is 4.74 Å². The van der Waals surface area contributed by atoms with Gasteiger partial charge in [0.15, 0.2) is 11.5 Å². The van der Waals surface area contributed by atoms with E-state index in [1.54, 1.807) is 12.1 Å². The largest absolute Gasteiger partial charge is 0.504 e. The number of hydrogen-bond donors (Lipinski definition) is 3. The molecule has 0 spiro atoms. The molecule has 28 heavy (non-hydrogen) atoms. The lowest BCUT2D eigenvalue weighted by atomic mass is 10.1. The summed E-state index contributed by atoms with van der Waals surface area (Å²) in [5.41, 5.74) is 5.45. The number of phenolic OH excluding ortho intramolecular Hbond substituents is 1. The highest BCUT2D eigenvalue weighted by Gasteiger charge is 2.10. The van der Waals surface area contributed by atoms with Crippen molar-refractivity contribution in [3.8, 4) is 11.5 Å². The molecule has 0 radical (unpaired) electrons. The predicted octanol–water partition coefficient (Wildman–Crippen LogP) is 3.65. The fourth-order valence-corrected chi connectivity index (χ4v) is 2.84. The third-order valence-corrected chi connectivity index (χ3v) is 4.39. The van der Waals surface area contributed by atoms with Crippen LogP contribution in [0, 0.1) is 13.8 Å². The van der Waals surface area contributed by atoms with Gasteiger partial charge >= 0.3 is 0 Å². The van der Waals surface area contributed by atoms with Gasteiger partial charge in [-0.3, -0.25) is 9.59 Å². The maximum Gasteiger partial charge on any atom is 0.240 e. The van der Waals surface area contributed by atoms with Crippen LogP contribution >= 0.6 is 15.9 Å². The summed E-state index contributed by atoms with van der Waals surface area (Å²) in [4.78, 5) is 23.9. The first-order valence-electron chi connectivity index (χ1n) is 8.55. The number of phenols is 1. The molecule has 0 aromatic heterocycles. The Morgan fingerprint density at radius 2 is 1.89 bits per heavy atom. The van der Waals surface area contributed by atoms with Crippen LogP contribution in [-0.2, 0) is 9.59 Å². The van der Waals surface area contributed by atoms with E-state index in [1.807, 2.05) is 32.0 Å². The Hall–Kier alpha value is -2.87. The average Bonchev–Trinajstić information content (AvgIpc) is 2.65. The van der Waals surface area contributed by atoms with Crippen molar-refractivity contribution in [2.75, 3.05) is 12.4 Å². The van der Waals surface area contributed by atoms with Gasteiger partial charge in [-0.15, -0.1) is 0 Å². The van der Waals surface area contributed by atoms with Crippen molar-refractivity contribution >= 4 is 39.6 Å². The highest BCUT2D eigenvalue weighted by Crippen LogP contribution is 2.32. The molecule has 148 valence electrons. The normalized spacial score (nSPS) is 10.7. The predicted molar refractivity (Wildman–Crippen MR) is 112 cm³/mol. The Labute approximate surface area is 171 Å². The topological polar surface area (TPSA) is 100 Å². The molecule has 2 aromatic rings. The van der Waals surface area contributed by atoms with E-state index < -0.39 is 5.91 Å². The van der Waals surface area contributed by atoms with Gasteiger partial charge in [0.25, 0.3) is 0 Å². The van der Waals surface area contributed by atoms with Crippen LogP contribution < -0.4 is 15.5 Å². The second kappa shape index (κ2) is 9.89. The summed E-state index contributed by atoms with van der Waals surface area (Å²) in [5.74, 6) is -0.460. The van der Waals surface area contributed by atoms with E-state index in [1.165, 1.54) is 13.3 Å². The summed E-state index contributed by atoms with van der Waals surface area (Å²) in [7, 11) is 1.44. The number of carbonyl (C=O) groups is 2. The molecule has 2 amide bonds. The minimum Gasteiger partial charge on any atom is -0.504 e. The van der Waals surface area contributed by atoms with Gasteiger partial charge in [-0.05, 0) is 43.2 Å². The smallest absolute Gasteiger partial charge is 0.240 e. The van der Waals surface area contributed by atoms with E-state index in [2.05, 4.69) is 31.8 Å². The summed E-state index contributed by atoms with van der Waals surface area (Å²) in [5, 5.41) is 16.7. The molecule has 0 saturated heterocycles. The fraction of sp³-hybridized carbons (Fsp3) is 0.250. The van der Waals surface area contributed by atoms with Crippen LogP contribution in [0.1, 0.15) is 29.5 Å². The monoisotopic (exact) mass is 447 g/mol. The number of aryl methyl sites for hydroxylation is 2. The van der Waals surface area contributed by atoms with Crippen LogP contribution in [-0.4, -0.2) is 30.2 Å². The summed E-state index contributed by atoms with van der Waals surface area (Å²) >= 11 is 3.30. The maximum atomic E-state index is 12.0. The lowest BCUT2D eigenvalue weighted by Gasteiger charge is -2.09. The first-order chi connectivity index (χ1) is 13.3. The number of halogens is 1. The van der Waals surface area contributed by atoms with Crippen LogP contribution in [0.2, 0.25) is 0 Å². The maximum absolute atomic E-state index is 12.0. The minimum atomic E-state index is -0.409. The summed E-state index contributed by atoms with van der Waals surface area (Å²) < 4.78 is 5.74. The average molecular weight is 448 g/mol. The molecule has 3 N–H and O–H groups in total. The van der Waals surface area contributed by atoms with Crippen molar-refractivity contribution < 1.29 is 19.4 Å². The first-order valence-corrected chi connectivity index (χ1v) is 9.35. The lowest BCUT2D eigenvalue weighted by Crippen LogP contribution is -2.21. The molecule has 0 aliphatic rings. The zero-order valence-electron chi connectivity index (χ0n) is 15.9. The molecule has 0 heterocycles. The highest BCUT2D eigenvalue weighted by atomic mass is 79.9. The Bertz CT molecular complexity index is 913. The van der Waals surface area contributed by atoms with Gasteiger partial charge in [0, 0.05) is 28.6 Å². The number of nitrogens with one attached hydrogen (secondary N) is 2. The molecule has 0 bridgehead atoms. The first kappa shape index (κ1) is 21.4. The molecular formula is C20H22BrN3O4. The number of aromatic hydroxyl groups is 1. The van der Waals surface area contributed by atoms with E-state index in [-0.39, 0.29) is 30.2 Å². The standard InChI is InChI=1S/C20H22BrN3O4/c1-12-4-5-13(2)16(8-12)23-18(25)6-7-19(26)24-22-11-14-9-15(21)10-17(28-3)20(14)27/h4-5,8-11,27H,6-7H2,1-3H3,(H,23,25)(H,24,26). The number of rotatable bonds is 7. The zero-order chi connectivity index (χ0) is 20.7. The van der Waals surface area contributed by atoms with Crippen LogP contribution in [0.3, 0.4) is 0 Å². The van der Waals surface area contributed by atoms with Crippen molar-refractivity contribution in [3.63, 3.8) is 0 Å². The van der Waals surface area contributed by atoms with Crippen molar-refractivity contribution in [2.45, 2.75) is 26.7 Å². The van der Waals surface area contributed by atoms with Gasteiger partial charge in [-0.25, -0.2) is 5.43 Å². The molecule has 0 unspecified atom stereocenters. The Balaban J connectivity index is 1.86. The van der Waals surface area contributed by atoms with Gasteiger partial charge in [-0.1, -0.05) is 28.1 Å². The van der Waals surface area contributed by atoms with Gasteiger partial charge in [0.05, 0.1) is 13.3 Å². The number of methoxy groups -OCH3 is 1. The number of hydrogen-bond acceptors (Lipinski definition) is 5. The number of carbonyl (C=O) groups excluding carboxylic acids is 2. The molecule has 0 fully saturated rings. The van der Waals surface area contributed by atoms with Gasteiger partial charge in [0.2, 0.25) is 11.8 Å². The van der Waals surface area contributed by atoms with E-state index >= 15 is 0 Å². The zero-order valence-corrected chi connectivity index (χ0v) is 17.5. The lowest BCUT2D eigenvalue weighted by molar-refractivity contribution is -0.124. The van der Waals surface area contributed by atoms with Crippen molar-refractivity contribution in [1.82, 2.24) is 5.43 Å². The molecule has 0 aliphatic heterocycles. The fourth-order valence-electron chi connectivity index (χ4n) is 2.39. The summed E-state index contributed by atoms with van der Waals surface area (Å²) in [6, 6.07) is 9.02. The second-order valence-corrected chi connectivity index (χ2v) is 7.12. The van der Waals surface area contributed by atoms with Crippen molar-refractivity contribution in [3.05, 3.63) is 51.5 Å². The number of amides is 2. The Morgan fingerprint density at radius 1 is 1.18 bits per heavy atom. The summed E-state index contributed by atoms with van der Waals surface area (Å²) in [6.45, 7) is 3.85. The van der Waals surface area contributed by atoms with Gasteiger partial charge < -0.3 is 15.2 Å². The Morgan fingerprint density at radius 3 is 2.61 bits per heavy atom. The van der Waals surface area contributed by atoms with Crippen LogP contribution in [0.15, 0.2) is 39.9 Å². The SMILES string of the molecule is COc1cc(Br)cc(C=NNC(=O)CCC(=O)Nc2cc(C)ccc2C)c1O.